The number of primary amides is 1. The fourth-order valence-electron chi connectivity index (χ4n) is 4.72. The van der Waals surface area contributed by atoms with Crippen molar-refractivity contribution in [3.8, 4) is 0 Å². The highest BCUT2D eigenvalue weighted by Gasteiger charge is 2.33. The molecule has 0 bridgehead atoms. The van der Waals surface area contributed by atoms with Gasteiger partial charge in [-0.05, 0) is 38.3 Å². The lowest BCUT2D eigenvalue weighted by atomic mass is 9.94. The maximum atomic E-state index is 13.7. The van der Waals surface area contributed by atoms with Gasteiger partial charge in [-0.2, -0.15) is 0 Å². The second-order valence-electron chi connectivity index (χ2n) is 8.68. The normalized spacial score (nSPS) is 18.5. The highest BCUT2D eigenvalue weighted by Crippen LogP contribution is 2.37. The second kappa shape index (κ2) is 10.3. The maximum Gasteiger partial charge on any atom is 0.266 e. The molecule has 4 rings (SSSR count). The van der Waals surface area contributed by atoms with Crippen molar-refractivity contribution >= 4 is 62.8 Å². The molecule has 0 unspecified atom stereocenters. The van der Waals surface area contributed by atoms with E-state index in [-0.39, 0.29) is 23.3 Å². The van der Waals surface area contributed by atoms with Gasteiger partial charge in [-0.25, -0.2) is 0 Å². The zero-order valence-electron chi connectivity index (χ0n) is 19.6. The third kappa shape index (κ3) is 4.51. The van der Waals surface area contributed by atoms with Crippen molar-refractivity contribution in [3.05, 3.63) is 45.1 Å². The molecule has 2 saturated heterocycles. The molecule has 2 aromatic rings. The average molecular weight is 499 g/mol. The number of pyridine rings is 1. The van der Waals surface area contributed by atoms with Gasteiger partial charge in [0.25, 0.3) is 11.5 Å². The highest BCUT2D eigenvalue weighted by atomic mass is 32.2. The minimum atomic E-state index is -0.276. The number of anilines is 1. The van der Waals surface area contributed by atoms with Gasteiger partial charge in [0.15, 0.2) is 0 Å². The van der Waals surface area contributed by atoms with E-state index in [0.717, 1.165) is 29.4 Å². The first-order valence-corrected chi connectivity index (χ1v) is 13.0. The van der Waals surface area contributed by atoms with E-state index in [0.29, 0.717) is 53.8 Å². The van der Waals surface area contributed by atoms with E-state index >= 15 is 0 Å². The Hall–Kier alpha value is -2.65. The summed E-state index contributed by atoms with van der Waals surface area (Å²) in [7, 11) is 0. The van der Waals surface area contributed by atoms with Gasteiger partial charge in [0, 0.05) is 37.5 Å². The number of hydrogen-bond acceptors (Lipinski definition) is 6. The first-order chi connectivity index (χ1) is 16.4. The van der Waals surface area contributed by atoms with E-state index in [4.69, 9.17) is 18.0 Å². The summed E-state index contributed by atoms with van der Waals surface area (Å²) in [6, 6.07) is 7.85. The summed E-state index contributed by atoms with van der Waals surface area (Å²) in [4.78, 5) is 42.8. The molecule has 2 amide bonds. The van der Waals surface area contributed by atoms with E-state index in [9.17, 15) is 14.4 Å². The van der Waals surface area contributed by atoms with Crippen LogP contribution in [0.25, 0.3) is 17.0 Å². The van der Waals surface area contributed by atoms with Gasteiger partial charge in [0.05, 0.1) is 21.7 Å². The van der Waals surface area contributed by atoms with Crippen molar-refractivity contribution in [2.75, 3.05) is 24.5 Å². The maximum absolute atomic E-state index is 13.7. The van der Waals surface area contributed by atoms with Crippen LogP contribution in [-0.2, 0) is 16.1 Å². The largest absolute Gasteiger partial charge is 0.370 e. The molecule has 0 saturated carbocycles. The summed E-state index contributed by atoms with van der Waals surface area (Å²) in [5.41, 5.74) is 7.57. The van der Waals surface area contributed by atoms with E-state index in [2.05, 4.69) is 11.8 Å². The Morgan fingerprint density at radius 3 is 2.56 bits per heavy atom. The fraction of sp³-hybridized carbons (Fsp3) is 0.440. The number of unbranched alkanes of at least 4 members (excludes halogenated alkanes) is 1. The summed E-state index contributed by atoms with van der Waals surface area (Å²) >= 11 is 6.72. The van der Waals surface area contributed by atoms with Crippen molar-refractivity contribution < 1.29 is 9.59 Å². The van der Waals surface area contributed by atoms with Crippen molar-refractivity contribution in [3.63, 3.8) is 0 Å². The summed E-state index contributed by atoms with van der Waals surface area (Å²) in [6.07, 6.45) is 4.84. The molecule has 0 aliphatic carbocycles. The SMILES string of the molecule is CCCCN1C(=O)C(=Cc2c(N3CCC(C(N)=O)CC3)c3ccccc3n(CC)c2=O)SC1=S. The number of para-hydroxylation sites is 1. The van der Waals surface area contributed by atoms with Crippen LogP contribution < -0.4 is 16.2 Å². The van der Waals surface area contributed by atoms with Crippen LogP contribution in [0.15, 0.2) is 34.0 Å². The molecule has 1 aromatic heterocycles. The number of carbonyl (C=O) groups excluding carboxylic acids is 2. The Balaban J connectivity index is 1.85. The van der Waals surface area contributed by atoms with Crippen LogP contribution in [0.2, 0.25) is 0 Å². The van der Waals surface area contributed by atoms with Gasteiger partial charge in [0.2, 0.25) is 5.91 Å². The molecule has 34 heavy (non-hydrogen) atoms. The number of amides is 2. The lowest BCUT2D eigenvalue weighted by Gasteiger charge is -2.34. The zero-order chi connectivity index (χ0) is 24.4. The lowest BCUT2D eigenvalue weighted by molar-refractivity contribution is -0.123. The number of benzene rings is 1. The monoisotopic (exact) mass is 498 g/mol. The molecule has 0 spiro atoms. The number of carbonyl (C=O) groups is 2. The number of aromatic nitrogens is 1. The molecule has 2 N–H and O–H groups in total. The summed E-state index contributed by atoms with van der Waals surface area (Å²) in [6.45, 7) is 6.35. The van der Waals surface area contributed by atoms with Crippen LogP contribution in [0, 0.1) is 5.92 Å². The quantitative estimate of drug-likeness (QED) is 0.462. The van der Waals surface area contributed by atoms with Gasteiger partial charge < -0.3 is 15.2 Å². The minimum Gasteiger partial charge on any atom is -0.370 e. The fourth-order valence-corrected chi connectivity index (χ4v) is 6.01. The molecule has 2 fully saturated rings. The molecule has 180 valence electrons. The first-order valence-electron chi connectivity index (χ1n) is 11.8. The van der Waals surface area contributed by atoms with Crippen molar-refractivity contribution in [2.45, 2.75) is 46.1 Å². The standard InChI is InChI=1S/C25H30N4O3S2/c1-3-5-12-29-24(32)20(34-25(29)33)15-18-21(27-13-10-16(11-14-27)22(26)30)17-8-6-7-9-19(17)28(4-2)23(18)31/h6-9,15-16H,3-5,10-14H2,1-2H3,(H2,26,30). The smallest absolute Gasteiger partial charge is 0.266 e. The Morgan fingerprint density at radius 2 is 1.91 bits per heavy atom. The van der Waals surface area contributed by atoms with E-state index in [1.807, 2.05) is 31.2 Å². The lowest BCUT2D eigenvalue weighted by Crippen LogP contribution is -2.40. The third-order valence-electron chi connectivity index (χ3n) is 6.59. The van der Waals surface area contributed by atoms with Gasteiger partial charge in [-0.3, -0.25) is 19.3 Å². The molecule has 3 heterocycles. The molecule has 1 aromatic carbocycles. The number of aryl methyl sites for hydroxylation is 1. The Labute approximate surface area is 209 Å². The van der Waals surface area contributed by atoms with Crippen molar-refractivity contribution in [2.24, 2.45) is 11.7 Å². The summed E-state index contributed by atoms with van der Waals surface area (Å²) in [5.74, 6) is -0.573. The van der Waals surface area contributed by atoms with Crippen LogP contribution in [0.1, 0.15) is 45.1 Å². The van der Waals surface area contributed by atoms with E-state index in [1.54, 1.807) is 15.5 Å². The Bertz CT molecular complexity index is 1230. The average Bonchev–Trinajstić information content (AvgIpc) is 3.10. The van der Waals surface area contributed by atoms with Crippen LogP contribution in [0.5, 0.6) is 0 Å². The summed E-state index contributed by atoms with van der Waals surface area (Å²) < 4.78 is 2.28. The van der Waals surface area contributed by atoms with E-state index < -0.39 is 0 Å². The predicted octanol–water partition coefficient (Wildman–Crippen LogP) is 3.72. The van der Waals surface area contributed by atoms with E-state index in [1.165, 1.54) is 11.8 Å². The van der Waals surface area contributed by atoms with Gasteiger partial charge >= 0.3 is 0 Å². The van der Waals surface area contributed by atoms with Crippen LogP contribution >= 0.6 is 24.0 Å². The predicted molar refractivity (Wildman–Crippen MR) is 143 cm³/mol. The van der Waals surface area contributed by atoms with Gasteiger partial charge in [-0.15, -0.1) is 0 Å². The number of fused-ring (bicyclic) bond motifs is 1. The van der Waals surface area contributed by atoms with Gasteiger partial charge in [-0.1, -0.05) is 55.5 Å². The number of hydrogen-bond donors (Lipinski definition) is 1. The molecular formula is C25H30N4O3S2. The molecule has 2 aliphatic rings. The van der Waals surface area contributed by atoms with Crippen LogP contribution in [-0.4, -0.2) is 45.2 Å². The van der Waals surface area contributed by atoms with Crippen LogP contribution in [0.3, 0.4) is 0 Å². The molecular weight excluding hydrogens is 468 g/mol. The number of nitrogens with two attached hydrogens (primary N) is 1. The number of thioether (sulfide) groups is 1. The number of piperidine rings is 1. The van der Waals surface area contributed by atoms with Crippen molar-refractivity contribution in [1.82, 2.24) is 9.47 Å². The molecule has 0 atom stereocenters. The molecule has 0 radical (unpaired) electrons. The number of thiocarbonyl (C=S) groups is 1. The molecule has 9 heteroatoms. The number of nitrogens with zero attached hydrogens (tertiary/aromatic N) is 3. The third-order valence-corrected chi connectivity index (χ3v) is 7.97. The van der Waals surface area contributed by atoms with Crippen molar-refractivity contribution in [1.29, 1.82) is 0 Å². The molecule has 7 nitrogen and oxygen atoms in total. The minimum absolute atomic E-state index is 0.132. The highest BCUT2D eigenvalue weighted by molar-refractivity contribution is 8.26. The second-order valence-corrected chi connectivity index (χ2v) is 10.4. The zero-order valence-corrected chi connectivity index (χ0v) is 21.2. The van der Waals surface area contributed by atoms with Crippen LogP contribution in [0.4, 0.5) is 5.69 Å². The number of rotatable bonds is 7. The first kappa shape index (κ1) is 24.5. The Kier molecular flexibility index (Phi) is 7.42. The molecule has 2 aliphatic heterocycles. The Morgan fingerprint density at radius 1 is 1.21 bits per heavy atom. The van der Waals surface area contributed by atoms with Gasteiger partial charge in [0.1, 0.15) is 4.32 Å². The topological polar surface area (TPSA) is 88.6 Å². The summed E-state index contributed by atoms with van der Waals surface area (Å²) in [5, 5.41) is 0.953.